The molecule has 1 unspecified atom stereocenters. The van der Waals surface area contributed by atoms with Crippen molar-refractivity contribution in [3.63, 3.8) is 0 Å². The van der Waals surface area contributed by atoms with Crippen LogP contribution < -0.4 is 10.5 Å². The van der Waals surface area contributed by atoms with E-state index in [2.05, 4.69) is 4.98 Å². The maximum absolute atomic E-state index is 12.5. The summed E-state index contributed by atoms with van der Waals surface area (Å²) in [6.07, 6.45) is -1.29. The molecule has 3 nitrogen and oxygen atoms in total. The Hall–Kier alpha value is -1.23. The van der Waals surface area contributed by atoms with Gasteiger partial charge in [0.05, 0.1) is 19.0 Å². The maximum Gasteiger partial charge on any atom is 0.261 e. The number of nitrogens with zero attached hydrogens (tertiary/aromatic N) is 1. The summed E-state index contributed by atoms with van der Waals surface area (Å²) in [6.45, 7) is 1.24. The summed E-state index contributed by atoms with van der Waals surface area (Å²) in [4.78, 5) is 3.81. The molecule has 0 amide bonds. The number of nitrogens with two attached hydrogens (primary N) is 1. The lowest BCUT2D eigenvalue weighted by atomic mass is 9.99. The third kappa shape index (κ3) is 1.98. The van der Waals surface area contributed by atoms with E-state index in [0.717, 1.165) is 0 Å². The number of hydrogen-bond acceptors (Lipinski definition) is 3. The third-order valence-corrected chi connectivity index (χ3v) is 1.98. The van der Waals surface area contributed by atoms with Crippen molar-refractivity contribution in [2.45, 2.75) is 18.9 Å². The van der Waals surface area contributed by atoms with Gasteiger partial charge in [0.1, 0.15) is 11.3 Å². The highest BCUT2D eigenvalue weighted by Crippen LogP contribution is 2.24. The Bertz CT molecular complexity index is 298. The number of rotatable bonds is 3. The lowest BCUT2D eigenvalue weighted by molar-refractivity contribution is 0.0601. The Morgan fingerprint density at radius 3 is 2.50 bits per heavy atom. The summed E-state index contributed by atoms with van der Waals surface area (Å²) in [5.74, 6) is 0.513. The highest BCUT2D eigenvalue weighted by molar-refractivity contribution is 5.23. The van der Waals surface area contributed by atoms with Crippen molar-refractivity contribution in [3.8, 4) is 5.75 Å². The summed E-state index contributed by atoms with van der Waals surface area (Å²) >= 11 is 0. The topological polar surface area (TPSA) is 48.1 Å². The van der Waals surface area contributed by atoms with Gasteiger partial charge in [-0.2, -0.15) is 0 Å². The molecule has 14 heavy (non-hydrogen) atoms. The SMILES string of the molecule is COc1ccc(C(C)(N)C(F)F)nc1. The van der Waals surface area contributed by atoms with Crippen molar-refractivity contribution in [1.29, 1.82) is 0 Å². The third-order valence-electron chi connectivity index (χ3n) is 1.98. The number of hydrogen-bond donors (Lipinski definition) is 1. The van der Waals surface area contributed by atoms with E-state index in [1.54, 1.807) is 6.07 Å². The van der Waals surface area contributed by atoms with Gasteiger partial charge in [0.2, 0.25) is 0 Å². The largest absolute Gasteiger partial charge is 0.495 e. The highest BCUT2D eigenvalue weighted by Gasteiger charge is 2.33. The molecule has 0 bridgehead atoms. The molecule has 78 valence electrons. The Balaban J connectivity index is 2.97. The summed E-state index contributed by atoms with van der Waals surface area (Å²) in [7, 11) is 1.48. The van der Waals surface area contributed by atoms with Gasteiger partial charge in [-0.25, -0.2) is 8.78 Å². The zero-order chi connectivity index (χ0) is 10.8. The van der Waals surface area contributed by atoms with Gasteiger partial charge in [0.15, 0.2) is 0 Å². The van der Waals surface area contributed by atoms with E-state index >= 15 is 0 Å². The van der Waals surface area contributed by atoms with Gasteiger partial charge in [-0.1, -0.05) is 0 Å². The Morgan fingerprint density at radius 2 is 2.14 bits per heavy atom. The van der Waals surface area contributed by atoms with E-state index in [0.29, 0.717) is 5.75 Å². The van der Waals surface area contributed by atoms with E-state index in [1.165, 1.54) is 26.3 Å². The average Bonchev–Trinajstić information content (AvgIpc) is 2.17. The fraction of sp³-hybridized carbons (Fsp3) is 0.444. The molecule has 2 N–H and O–H groups in total. The summed E-state index contributed by atoms with van der Waals surface area (Å²) in [5, 5.41) is 0. The van der Waals surface area contributed by atoms with Crippen molar-refractivity contribution in [2.75, 3.05) is 7.11 Å². The van der Waals surface area contributed by atoms with Crippen molar-refractivity contribution in [1.82, 2.24) is 4.98 Å². The molecule has 0 radical (unpaired) electrons. The predicted molar refractivity (Wildman–Crippen MR) is 48.3 cm³/mol. The lowest BCUT2D eigenvalue weighted by Gasteiger charge is -2.22. The van der Waals surface area contributed by atoms with Gasteiger partial charge in [0.25, 0.3) is 6.43 Å². The molecule has 5 heteroatoms. The van der Waals surface area contributed by atoms with Gasteiger partial charge >= 0.3 is 0 Å². The van der Waals surface area contributed by atoms with E-state index < -0.39 is 12.0 Å². The molecule has 1 rings (SSSR count). The number of alkyl halides is 2. The number of aromatic nitrogens is 1. The fourth-order valence-corrected chi connectivity index (χ4v) is 0.931. The van der Waals surface area contributed by atoms with Gasteiger partial charge in [-0.05, 0) is 19.1 Å². The maximum atomic E-state index is 12.5. The van der Waals surface area contributed by atoms with Gasteiger partial charge in [-0.3, -0.25) is 4.98 Å². The van der Waals surface area contributed by atoms with E-state index in [4.69, 9.17) is 10.5 Å². The van der Waals surface area contributed by atoms with E-state index in [-0.39, 0.29) is 5.69 Å². The van der Waals surface area contributed by atoms with Crippen LogP contribution in [0.4, 0.5) is 8.78 Å². The average molecular weight is 202 g/mol. The van der Waals surface area contributed by atoms with Crippen LogP contribution in [0.25, 0.3) is 0 Å². The molecule has 0 spiro atoms. The van der Waals surface area contributed by atoms with Crippen LogP contribution in [0.2, 0.25) is 0 Å². The molecule has 1 aromatic heterocycles. The predicted octanol–water partition coefficient (Wildman–Crippen LogP) is 1.53. The molecule has 1 atom stereocenters. The molecule has 0 aliphatic rings. The number of methoxy groups -OCH3 is 1. The molecular weight excluding hydrogens is 190 g/mol. The Morgan fingerprint density at radius 1 is 1.50 bits per heavy atom. The smallest absolute Gasteiger partial charge is 0.261 e. The molecule has 0 saturated heterocycles. The lowest BCUT2D eigenvalue weighted by Crippen LogP contribution is -2.41. The van der Waals surface area contributed by atoms with Crippen LogP contribution in [0.1, 0.15) is 12.6 Å². The van der Waals surface area contributed by atoms with Crippen molar-refractivity contribution in [2.24, 2.45) is 5.73 Å². The minimum absolute atomic E-state index is 0.147. The van der Waals surface area contributed by atoms with Crippen LogP contribution in [0.5, 0.6) is 5.75 Å². The minimum Gasteiger partial charge on any atom is -0.495 e. The summed E-state index contributed by atoms with van der Waals surface area (Å²) in [5.41, 5.74) is 3.85. The Kier molecular flexibility index (Phi) is 3.00. The number of ether oxygens (including phenoxy) is 1. The van der Waals surface area contributed by atoms with E-state index in [1.807, 2.05) is 0 Å². The van der Waals surface area contributed by atoms with Crippen molar-refractivity contribution in [3.05, 3.63) is 24.0 Å². The van der Waals surface area contributed by atoms with Crippen LogP contribution in [-0.4, -0.2) is 18.5 Å². The molecule has 0 fully saturated rings. The summed E-state index contributed by atoms with van der Waals surface area (Å²) in [6, 6.07) is 2.99. The normalized spacial score (nSPS) is 15.3. The zero-order valence-electron chi connectivity index (χ0n) is 8.00. The molecule has 1 heterocycles. The fourth-order valence-electron chi connectivity index (χ4n) is 0.931. The first-order valence-corrected chi connectivity index (χ1v) is 4.06. The van der Waals surface area contributed by atoms with Gasteiger partial charge in [-0.15, -0.1) is 0 Å². The van der Waals surface area contributed by atoms with Crippen LogP contribution in [-0.2, 0) is 5.54 Å². The number of halogens is 2. The monoisotopic (exact) mass is 202 g/mol. The first-order chi connectivity index (χ1) is 6.48. The van der Waals surface area contributed by atoms with Crippen LogP contribution in [0, 0.1) is 0 Å². The molecule has 0 aliphatic carbocycles. The molecule has 1 aromatic rings. The van der Waals surface area contributed by atoms with Crippen LogP contribution in [0.15, 0.2) is 18.3 Å². The standard InChI is InChI=1S/C9H12F2N2O/c1-9(12,8(10)11)7-4-3-6(14-2)5-13-7/h3-5,8H,12H2,1-2H3. The molecule has 0 aromatic carbocycles. The minimum atomic E-state index is -2.65. The second-order valence-electron chi connectivity index (χ2n) is 3.17. The second-order valence-corrected chi connectivity index (χ2v) is 3.17. The van der Waals surface area contributed by atoms with E-state index in [9.17, 15) is 8.78 Å². The molecule has 0 saturated carbocycles. The highest BCUT2D eigenvalue weighted by atomic mass is 19.3. The quantitative estimate of drug-likeness (QED) is 0.808. The Labute approximate surface area is 80.9 Å². The van der Waals surface area contributed by atoms with Gasteiger partial charge < -0.3 is 10.5 Å². The van der Waals surface area contributed by atoms with Crippen molar-refractivity contribution < 1.29 is 13.5 Å². The summed E-state index contributed by atoms with van der Waals surface area (Å²) < 4.78 is 29.8. The van der Waals surface area contributed by atoms with Crippen LogP contribution in [0.3, 0.4) is 0 Å². The molecule has 0 aliphatic heterocycles. The first kappa shape index (κ1) is 10.8. The zero-order valence-corrected chi connectivity index (χ0v) is 8.00. The second kappa shape index (κ2) is 3.88. The molecular formula is C9H12F2N2O. The first-order valence-electron chi connectivity index (χ1n) is 4.06. The van der Waals surface area contributed by atoms with Crippen molar-refractivity contribution >= 4 is 0 Å². The van der Waals surface area contributed by atoms with Crippen LogP contribution >= 0.6 is 0 Å². The van der Waals surface area contributed by atoms with Gasteiger partial charge in [0, 0.05) is 0 Å². The number of pyridine rings is 1.